The van der Waals surface area contributed by atoms with Gasteiger partial charge in [0, 0.05) is 48.3 Å². The maximum atomic E-state index is 12.5. The number of hydrogen-bond donors (Lipinski definition) is 1. The monoisotopic (exact) mass is 416 g/mol. The third-order valence-corrected chi connectivity index (χ3v) is 7.05. The standard InChI is InChI=1S/C20H24N4O2S2/c1-15-17(14-28-20-22-16-4-2-3-5-18(16)24(20)25)21-7-6-19(15)27-13-10-23-8-11-26-12-9-23/h2-7,24H,8-14H2,1H3. The number of quaternary nitrogens is 1. The minimum atomic E-state index is 0.0225. The van der Waals surface area contributed by atoms with Crippen molar-refractivity contribution in [1.29, 1.82) is 0 Å². The molecule has 2 aliphatic heterocycles. The van der Waals surface area contributed by atoms with Gasteiger partial charge >= 0.3 is 0 Å². The van der Waals surface area contributed by atoms with Crippen LogP contribution in [0.15, 0.2) is 46.4 Å². The van der Waals surface area contributed by atoms with Crippen LogP contribution < -0.4 is 5.06 Å². The van der Waals surface area contributed by atoms with Gasteiger partial charge in [-0.2, -0.15) is 4.99 Å². The molecule has 4 rings (SSSR count). The van der Waals surface area contributed by atoms with Gasteiger partial charge in [-0.05, 0) is 36.4 Å². The smallest absolute Gasteiger partial charge is 0.268 e. The highest BCUT2D eigenvalue weighted by atomic mass is 32.2. The summed E-state index contributed by atoms with van der Waals surface area (Å²) < 4.78 is 5.40. The van der Waals surface area contributed by atoms with Gasteiger partial charge in [0.2, 0.25) is 0 Å². The number of hydrogen-bond acceptors (Lipinski definition) is 7. The maximum absolute atomic E-state index is 12.5. The number of benzene rings is 1. The normalized spacial score (nSPS) is 19.5. The molecule has 1 unspecified atom stereocenters. The second kappa shape index (κ2) is 9.39. The minimum absolute atomic E-state index is 0.0225. The van der Waals surface area contributed by atoms with Crippen molar-refractivity contribution >= 4 is 40.1 Å². The summed E-state index contributed by atoms with van der Waals surface area (Å²) in [6.45, 7) is 6.92. The van der Waals surface area contributed by atoms with Gasteiger partial charge in [0.1, 0.15) is 5.69 Å². The van der Waals surface area contributed by atoms with Crippen molar-refractivity contribution < 1.29 is 9.80 Å². The molecule has 1 atom stereocenters. The molecule has 1 N–H and O–H groups in total. The molecule has 1 aromatic heterocycles. The van der Waals surface area contributed by atoms with Crippen molar-refractivity contribution in [1.82, 2.24) is 9.88 Å². The Labute approximate surface area is 174 Å². The summed E-state index contributed by atoms with van der Waals surface area (Å²) in [6.07, 6.45) is 1.87. The van der Waals surface area contributed by atoms with Crippen LogP contribution in [0.2, 0.25) is 0 Å². The largest absolute Gasteiger partial charge is 0.622 e. The van der Waals surface area contributed by atoms with E-state index in [4.69, 9.17) is 4.74 Å². The molecule has 0 aliphatic carbocycles. The number of para-hydroxylation sites is 2. The van der Waals surface area contributed by atoms with Crippen molar-refractivity contribution in [3.05, 3.63) is 53.0 Å². The summed E-state index contributed by atoms with van der Waals surface area (Å²) >= 11 is 3.35. The zero-order valence-corrected chi connectivity index (χ0v) is 17.5. The van der Waals surface area contributed by atoms with E-state index in [0.29, 0.717) is 16.6 Å². The van der Waals surface area contributed by atoms with Crippen molar-refractivity contribution in [2.45, 2.75) is 17.6 Å². The summed E-state index contributed by atoms with van der Waals surface area (Å²) in [5.74, 6) is 1.71. The zero-order valence-electron chi connectivity index (χ0n) is 15.9. The molecule has 0 saturated carbocycles. The van der Waals surface area contributed by atoms with Gasteiger partial charge in [0.25, 0.3) is 5.17 Å². The topological polar surface area (TPSA) is 65.2 Å². The van der Waals surface area contributed by atoms with Crippen LogP contribution in [0.5, 0.6) is 0 Å². The van der Waals surface area contributed by atoms with E-state index in [9.17, 15) is 5.21 Å². The maximum Gasteiger partial charge on any atom is 0.268 e. The first kappa shape index (κ1) is 19.9. The summed E-state index contributed by atoms with van der Waals surface area (Å²) in [7, 11) is 0. The molecule has 28 heavy (non-hydrogen) atoms. The Morgan fingerprint density at radius 3 is 2.82 bits per heavy atom. The summed E-state index contributed by atoms with van der Waals surface area (Å²) in [6, 6.07) is 9.59. The number of aromatic nitrogens is 1. The lowest BCUT2D eigenvalue weighted by Gasteiger charge is -2.26. The first-order chi connectivity index (χ1) is 13.7. The van der Waals surface area contributed by atoms with Crippen LogP contribution in [-0.2, 0) is 10.5 Å². The first-order valence-electron chi connectivity index (χ1n) is 9.45. The Morgan fingerprint density at radius 1 is 1.18 bits per heavy atom. The highest BCUT2D eigenvalue weighted by Gasteiger charge is 2.24. The van der Waals surface area contributed by atoms with E-state index in [1.807, 2.05) is 42.2 Å². The lowest BCUT2D eigenvalue weighted by atomic mass is 10.2. The summed E-state index contributed by atoms with van der Waals surface area (Å²) in [5.41, 5.74) is 3.69. The van der Waals surface area contributed by atoms with Gasteiger partial charge in [-0.1, -0.05) is 12.1 Å². The van der Waals surface area contributed by atoms with Gasteiger partial charge < -0.3 is 9.94 Å². The Balaban J connectivity index is 1.33. The Kier molecular flexibility index (Phi) is 6.66. The number of fused-ring (bicyclic) bond motifs is 1. The molecule has 0 radical (unpaired) electrons. The van der Waals surface area contributed by atoms with Crippen LogP contribution >= 0.6 is 23.5 Å². The van der Waals surface area contributed by atoms with E-state index in [2.05, 4.69) is 27.9 Å². The number of aliphatic imine (C=N–C) groups is 1. The van der Waals surface area contributed by atoms with Crippen LogP contribution in [0.25, 0.3) is 0 Å². The average Bonchev–Trinajstić information content (AvgIpc) is 3.05. The van der Waals surface area contributed by atoms with Gasteiger partial charge in [-0.3, -0.25) is 14.9 Å². The SMILES string of the molecule is Cc1c(SCCN2CCOCC2)ccnc1CSC1=Nc2ccccc2[NH+]1[O-]. The van der Waals surface area contributed by atoms with Crippen LogP contribution in [0.1, 0.15) is 11.3 Å². The predicted molar refractivity (Wildman–Crippen MR) is 116 cm³/mol. The molecule has 1 fully saturated rings. The number of rotatable bonds is 6. The molecule has 8 heteroatoms. The van der Waals surface area contributed by atoms with Gasteiger partial charge in [0.05, 0.1) is 18.9 Å². The lowest BCUT2D eigenvalue weighted by Crippen LogP contribution is -3.03. The molecular formula is C20H24N4O2S2. The van der Waals surface area contributed by atoms with E-state index < -0.39 is 0 Å². The second-order valence-corrected chi connectivity index (χ2v) is 8.84. The van der Waals surface area contributed by atoms with Gasteiger partial charge in [0.15, 0.2) is 5.69 Å². The molecule has 6 nitrogen and oxygen atoms in total. The van der Waals surface area contributed by atoms with E-state index in [1.165, 1.54) is 22.2 Å². The zero-order chi connectivity index (χ0) is 19.3. The van der Waals surface area contributed by atoms with Gasteiger partial charge in [-0.15, -0.1) is 11.8 Å². The molecule has 1 aromatic carbocycles. The third kappa shape index (κ3) is 4.59. The molecular weight excluding hydrogens is 392 g/mol. The van der Waals surface area contributed by atoms with Crippen LogP contribution in [0.4, 0.5) is 11.4 Å². The fraction of sp³-hybridized carbons (Fsp3) is 0.400. The number of hydroxylamine groups is 1. The number of nitrogens with one attached hydrogen (secondary N) is 1. The number of ether oxygens (including phenoxy) is 1. The molecule has 0 amide bonds. The fourth-order valence-electron chi connectivity index (χ4n) is 3.24. The van der Waals surface area contributed by atoms with Crippen molar-refractivity contribution in [2.24, 2.45) is 4.99 Å². The number of morpholine rings is 1. The van der Waals surface area contributed by atoms with Gasteiger partial charge in [-0.25, -0.2) is 0 Å². The fourth-order valence-corrected chi connectivity index (χ4v) is 5.27. The van der Waals surface area contributed by atoms with Crippen LogP contribution in [0.3, 0.4) is 0 Å². The quantitative estimate of drug-likeness (QED) is 0.577. The van der Waals surface area contributed by atoms with Crippen LogP contribution in [-0.4, -0.2) is 53.7 Å². The van der Waals surface area contributed by atoms with Crippen LogP contribution in [0, 0.1) is 12.1 Å². The molecule has 2 aliphatic rings. The third-order valence-electron chi connectivity index (χ3n) is 4.94. The Hall–Kier alpha value is -1.42. The van der Waals surface area contributed by atoms with E-state index in [1.54, 1.807) is 0 Å². The number of nitrogens with zero attached hydrogens (tertiary/aromatic N) is 3. The molecule has 3 heterocycles. The minimum Gasteiger partial charge on any atom is -0.622 e. The van der Waals surface area contributed by atoms with Crippen molar-refractivity contribution in [2.75, 3.05) is 38.6 Å². The molecule has 1 saturated heterocycles. The second-order valence-electron chi connectivity index (χ2n) is 6.74. The number of amidine groups is 1. The Bertz CT molecular complexity index is 856. The first-order valence-corrected chi connectivity index (χ1v) is 11.4. The highest BCUT2D eigenvalue weighted by Crippen LogP contribution is 2.29. The summed E-state index contributed by atoms with van der Waals surface area (Å²) in [5, 5.41) is 13.1. The van der Waals surface area contributed by atoms with E-state index in [0.717, 1.165) is 50.0 Å². The lowest BCUT2D eigenvalue weighted by molar-refractivity contribution is -0.658. The molecule has 0 bridgehead atoms. The Morgan fingerprint density at radius 2 is 2.00 bits per heavy atom. The summed E-state index contributed by atoms with van der Waals surface area (Å²) in [4.78, 5) is 12.7. The van der Waals surface area contributed by atoms with E-state index in [-0.39, 0.29) is 5.06 Å². The average molecular weight is 417 g/mol. The number of thioether (sulfide) groups is 2. The number of pyridine rings is 1. The molecule has 2 aromatic rings. The molecule has 148 valence electrons. The highest BCUT2D eigenvalue weighted by molar-refractivity contribution is 8.12. The van der Waals surface area contributed by atoms with Crippen molar-refractivity contribution in [3.8, 4) is 0 Å². The van der Waals surface area contributed by atoms with Crippen molar-refractivity contribution in [3.63, 3.8) is 0 Å². The predicted octanol–water partition coefficient (Wildman–Crippen LogP) is 2.76. The van der Waals surface area contributed by atoms with E-state index >= 15 is 0 Å². The molecule has 0 spiro atoms.